The number of benzene rings is 1. The van der Waals surface area contributed by atoms with E-state index < -0.39 is 0 Å². The molecule has 0 saturated heterocycles. The Morgan fingerprint density at radius 3 is 2.62 bits per heavy atom. The average molecular weight is 239 g/mol. The first-order valence-corrected chi connectivity index (χ1v) is 5.53. The summed E-state index contributed by atoms with van der Waals surface area (Å²) < 4.78 is 14.7. The van der Waals surface area contributed by atoms with Crippen LogP contribution in [0, 0.1) is 5.82 Å². The van der Waals surface area contributed by atoms with Crippen molar-refractivity contribution in [3.63, 3.8) is 0 Å². The molecule has 1 aromatic carbocycles. The van der Waals surface area contributed by atoms with E-state index in [4.69, 9.17) is 11.6 Å². The van der Waals surface area contributed by atoms with Crippen molar-refractivity contribution in [2.75, 3.05) is 0 Å². The smallest absolute Gasteiger partial charge is 0.129 e. The van der Waals surface area contributed by atoms with Gasteiger partial charge in [0.15, 0.2) is 0 Å². The maximum atomic E-state index is 12.7. The molecule has 0 saturated carbocycles. The van der Waals surface area contributed by atoms with Gasteiger partial charge in [-0.15, -0.1) is 0 Å². The summed E-state index contributed by atoms with van der Waals surface area (Å²) in [7, 11) is 0. The molecule has 2 aromatic rings. The first-order chi connectivity index (χ1) is 7.70. The summed E-state index contributed by atoms with van der Waals surface area (Å²) in [6.45, 7) is 2.65. The third-order valence-electron chi connectivity index (χ3n) is 2.46. The summed E-state index contributed by atoms with van der Waals surface area (Å²) >= 11 is 6.03. The highest BCUT2D eigenvalue weighted by atomic mass is 35.5. The van der Waals surface area contributed by atoms with Crippen molar-refractivity contribution in [2.24, 2.45) is 0 Å². The molecule has 0 bridgehead atoms. The molecule has 0 fully saturated rings. The van der Waals surface area contributed by atoms with Crippen LogP contribution < -0.4 is 0 Å². The topological polar surface area (TPSA) is 17.8 Å². The van der Waals surface area contributed by atoms with Gasteiger partial charge in [-0.05, 0) is 17.7 Å². The van der Waals surface area contributed by atoms with Gasteiger partial charge in [-0.2, -0.15) is 0 Å². The van der Waals surface area contributed by atoms with E-state index in [2.05, 4.69) is 4.98 Å². The van der Waals surface area contributed by atoms with Gasteiger partial charge in [-0.3, -0.25) is 0 Å². The molecule has 0 aliphatic heterocycles. The lowest BCUT2D eigenvalue weighted by Crippen LogP contribution is -2.04. The van der Waals surface area contributed by atoms with Crippen LogP contribution >= 0.6 is 11.6 Å². The van der Waals surface area contributed by atoms with Crippen molar-refractivity contribution in [1.29, 1.82) is 0 Å². The molecule has 0 atom stereocenters. The molecule has 0 aliphatic carbocycles. The molecule has 84 valence electrons. The zero-order valence-corrected chi connectivity index (χ0v) is 9.71. The molecule has 4 heteroatoms. The van der Waals surface area contributed by atoms with Gasteiger partial charge < -0.3 is 4.57 Å². The highest BCUT2D eigenvalue weighted by molar-refractivity contribution is 6.29. The minimum atomic E-state index is -0.226. The molecular weight excluding hydrogens is 227 g/mol. The maximum Gasteiger partial charge on any atom is 0.129 e. The van der Waals surface area contributed by atoms with Crippen molar-refractivity contribution in [3.05, 3.63) is 52.8 Å². The Balaban J connectivity index is 2.26. The number of aryl methyl sites for hydroxylation is 1. The average Bonchev–Trinajstić information content (AvgIpc) is 2.63. The van der Waals surface area contributed by atoms with Gasteiger partial charge in [-0.1, -0.05) is 30.7 Å². The van der Waals surface area contributed by atoms with E-state index in [-0.39, 0.29) is 5.82 Å². The second-order valence-corrected chi connectivity index (χ2v) is 3.95. The minimum absolute atomic E-state index is 0.226. The van der Waals surface area contributed by atoms with Gasteiger partial charge in [0.05, 0.1) is 12.7 Å². The van der Waals surface area contributed by atoms with Crippen LogP contribution in [0.3, 0.4) is 0 Å². The van der Waals surface area contributed by atoms with Gasteiger partial charge in [0.1, 0.15) is 16.8 Å². The lowest BCUT2D eigenvalue weighted by atomic mass is 10.2. The number of hydrogen-bond acceptors (Lipinski definition) is 1. The monoisotopic (exact) mass is 238 g/mol. The van der Waals surface area contributed by atoms with E-state index in [1.807, 2.05) is 11.5 Å². The predicted octanol–water partition coefficient (Wildman–Crippen LogP) is 3.29. The number of hydrogen-bond donors (Lipinski definition) is 0. The normalized spacial score (nSPS) is 10.7. The van der Waals surface area contributed by atoms with Crippen LogP contribution in [-0.2, 0) is 13.0 Å². The van der Waals surface area contributed by atoms with E-state index in [1.165, 1.54) is 12.1 Å². The maximum absolute atomic E-state index is 12.7. The molecule has 2 rings (SSSR count). The standard InChI is InChI=1S/C12H12ClFN2/c1-2-12-15-7-11(13)16(12)8-9-3-5-10(14)6-4-9/h3-7H,2,8H2,1H3. The summed E-state index contributed by atoms with van der Waals surface area (Å²) in [4.78, 5) is 4.20. The Labute approximate surface area is 98.7 Å². The van der Waals surface area contributed by atoms with Crippen LogP contribution in [0.1, 0.15) is 18.3 Å². The van der Waals surface area contributed by atoms with E-state index in [9.17, 15) is 4.39 Å². The van der Waals surface area contributed by atoms with Crippen LogP contribution in [0.25, 0.3) is 0 Å². The van der Waals surface area contributed by atoms with E-state index >= 15 is 0 Å². The van der Waals surface area contributed by atoms with Crippen molar-refractivity contribution < 1.29 is 4.39 Å². The van der Waals surface area contributed by atoms with Crippen molar-refractivity contribution >= 4 is 11.6 Å². The SMILES string of the molecule is CCc1ncc(Cl)n1Cc1ccc(F)cc1. The Morgan fingerprint density at radius 1 is 1.31 bits per heavy atom. The summed E-state index contributed by atoms with van der Waals surface area (Å²) in [6, 6.07) is 6.41. The van der Waals surface area contributed by atoms with Crippen molar-refractivity contribution in [1.82, 2.24) is 9.55 Å². The van der Waals surface area contributed by atoms with Crippen LogP contribution in [0.2, 0.25) is 5.15 Å². The van der Waals surface area contributed by atoms with Crippen molar-refractivity contribution in [3.8, 4) is 0 Å². The molecule has 0 amide bonds. The molecule has 0 unspecified atom stereocenters. The van der Waals surface area contributed by atoms with Crippen molar-refractivity contribution in [2.45, 2.75) is 19.9 Å². The van der Waals surface area contributed by atoms with E-state index in [1.54, 1.807) is 18.3 Å². The highest BCUT2D eigenvalue weighted by Gasteiger charge is 2.06. The molecule has 0 radical (unpaired) electrons. The first kappa shape index (κ1) is 11.1. The Bertz CT molecular complexity index is 476. The lowest BCUT2D eigenvalue weighted by Gasteiger charge is -2.07. The Hall–Kier alpha value is -1.35. The fourth-order valence-corrected chi connectivity index (χ4v) is 1.82. The van der Waals surface area contributed by atoms with E-state index in [0.717, 1.165) is 17.8 Å². The first-order valence-electron chi connectivity index (χ1n) is 5.15. The van der Waals surface area contributed by atoms with Gasteiger partial charge in [0, 0.05) is 6.42 Å². The summed E-state index contributed by atoms with van der Waals surface area (Å²) in [6.07, 6.45) is 2.47. The largest absolute Gasteiger partial charge is 0.315 e. The molecule has 0 aliphatic rings. The van der Waals surface area contributed by atoms with Gasteiger partial charge in [-0.25, -0.2) is 9.37 Å². The fraction of sp³-hybridized carbons (Fsp3) is 0.250. The number of nitrogens with zero attached hydrogens (tertiary/aromatic N) is 2. The fourth-order valence-electron chi connectivity index (χ4n) is 1.61. The molecular formula is C12H12ClFN2. The summed E-state index contributed by atoms with van der Waals surface area (Å²) in [5.41, 5.74) is 1.01. The van der Waals surface area contributed by atoms with Crippen LogP contribution in [0.15, 0.2) is 30.5 Å². The van der Waals surface area contributed by atoms with Gasteiger partial charge in [0.2, 0.25) is 0 Å². The minimum Gasteiger partial charge on any atom is -0.315 e. The Kier molecular flexibility index (Phi) is 3.25. The quantitative estimate of drug-likeness (QED) is 0.803. The number of rotatable bonds is 3. The zero-order valence-electron chi connectivity index (χ0n) is 8.95. The summed E-state index contributed by atoms with van der Waals surface area (Å²) in [5.74, 6) is 0.713. The number of imidazole rings is 1. The third-order valence-corrected chi connectivity index (χ3v) is 2.76. The van der Waals surface area contributed by atoms with E-state index in [0.29, 0.717) is 11.7 Å². The Morgan fingerprint density at radius 2 is 2.00 bits per heavy atom. The second-order valence-electron chi connectivity index (χ2n) is 3.56. The summed E-state index contributed by atoms with van der Waals surface area (Å²) in [5, 5.41) is 0.612. The van der Waals surface area contributed by atoms with Crippen LogP contribution in [0.4, 0.5) is 4.39 Å². The molecule has 1 heterocycles. The van der Waals surface area contributed by atoms with Gasteiger partial charge >= 0.3 is 0 Å². The number of aromatic nitrogens is 2. The molecule has 0 N–H and O–H groups in total. The molecule has 2 nitrogen and oxygen atoms in total. The second kappa shape index (κ2) is 4.66. The molecule has 16 heavy (non-hydrogen) atoms. The molecule has 1 aromatic heterocycles. The third kappa shape index (κ3) is 2.25. The van der Waals surface area contributed by atoms with Crippen LogP contribution in [0.5, 0.6) is 0 Å². The lowest BCUT2D eigenvalue weighted by molar-refractivity contribution is 0.626. The zero-order chi connectivity index (χ0) is 11.5. The molecule has 0 spiro atoms. The van der Waals surface area contributed by atoms with Crippen LogP contribution in [-0.4, -0.2) is 9.55 Å². The van der Waals surface area contributed by atoms with Gasteiger partial charge in [0.25, 0.3) is 0 Å². The highest BCUT2D eigenvalue weighted by Crippen LogP contribution is 2.15. The number of halogens is 2. The predicted molar refractivity (Wildman–Crippen MR) is 62.1 cm³/mol.